The van der Waals surface area contributed by atoms with Gasteiger partial charge in [0.2, 0.25) is 0 Å². The molecule has 2 aromatic rings. The monoisotopic (exact) mass is 392 g/mol. The van der Waals surface area contributed by atoms with Crippen molar-refractivity contribution < 1.29 is 14.5 Å². The van der Waals surface area contributed by atoms with Gasteiger partial charge in [-0.1, -0.05) is 25.5 Å². The Morgan fingerprint density at radius 3 is 2.75 bits per heavy atom. The first kappa shape index (κ1) is 17.9. The first-order chi connectivity index (χ1) is 11.5. The van der Waals surface area contributed by atoms with E-state index in [2.05, 4.69) is 28.2 Å². The molecule has 0 spiro atoms. The Bertz CT molecular complexity index is 749. The van der Waals surface area contributed by atoms with Crippen LogP contribution in [0.25, 0.3) is 0 Å². The maximum atomic E-state index is 11.9. The van der Waals surface area contributed by atoms with Crippen molar-refractivity contribution in [2.24, 2.45) is 0 Å². The van der Waals surface area contributed by atoms with E-state index in [0.717, 1.165) is 17.3 Å². The second-order valence-corrected chi connectivity index (χ2v) is 6.01. The SMILES string of the molecule is CCCc1ccc(OCC(=O)Nc2cccc([N+](=O)[O-])c2)c(Br)c1. The van der Waals surface area contributed by atoms with Gasteiger partial charge in [-0.2, -0.15) is 0 Å². The zero-order valence-electron chi connectivity index (χ0n) is 13.1. The molecule has 0 saturated carbocycles. The lowest BCUT2D eigenvalue weighted by atomic mass is 10.1. The first-order valence-electron chi connectivity index (χ1n) is 7.45. The number of non-ortho nitro benzene ring substituents is 1. The largest absolute Gasteiger partial charge is 0.483 e. The summed E-state index contributed by atoms with van der Waals surface area (Å²) in [6.07, 6.45) is 2.03. The fourth-order valence-electron chi connectivity index (χ4n) is 2.14. The van der Waals surface area contributed by atoms with Gasteiger partial charge in [0, 0.05) is 17.8 Å². The van der Waals surface area contributed by atoms with E-state index < -0.39 is 4.92 Å². The first-order valence-corrected chi connectivity index (χ1v) is 8.24. The van der Waals surface area contributed by atoms with Crippen LogP contribution >= 0.6 is 15.9 Å². The van der Waals surface area contributed by atoms with E-state index in [1.54, 1.807) is 6.07 Å². The summed E-state index contributed by atoms with van der Waals surface area (Å²) in [7, 11) is 0. The second kappa shape index (κ2) is 8.44. The van der Waals surface area contributed by atoms with Crippen LogP contribution in [0.4, 0.5) is 11.4 Å². The van der Waals surface area contributed by atoms with Crippen molar-refractivity contribution >= 4 is 33.2 Å². The Balaban J connectivity index is 1.94. The molecular weight excluding hydrogens is 376 g/mol. The average molecular weight is 393 g/mol. The van der Waals surface area contributed by atoms with E-state index in [0.29, 0.717) is 11.4 Å². The third kappa shape index (κ3) is 5.06. The van der Waals surface area contributed by atoms with Gasteiger partial charge >= 0.3 is 0 Å². The van der Waals surface area contributed by atoms with Gasteiger partial charge < -0.3 is 10.1 Å². The summed E-state index contributed by atoms with van der Waals surface area (Å²) in [4.78, 5) is 22.1. The maximum absolute atomic E-state index is 11.9. The Kier molecular flexibility index (Phi) is 6.31. The van der Waals surface area contributed by atoms with Gasteiger partial charge in [-0.05, 0) is 46.1 Å². The smallest absolute Gasteiger partial charge is 0.271 e. The second-order valence-electron chi connectivity index (χ2n) is 5.16. The summed E-state index contributed by atoms with van der Waals surface area (Å²) in [6.45, 7) is 1.92. The number of nitro benzene ring substituents is 1. The summed E-state index contributed by atoms with van der Waals surface area (Å²) in [5.41, 5.74) is 1.47. The molecule has 0 unspecified atom stereocenters. The molecule has 7 heteroatoms. The van der Waals surface area contributed by atoms with Crippen molar-refractivity contribution in [3.8, 4) is 5.75 Å². The highest BCUT2D eigenvalue weighted by molar-refractivity contribution is 9.10. The number of carbonyl (C=O) groups is 1. The van der Waals surface area contributed by atoms with Crippen LogP contribution in [-0.2, 0) is 11.2 Å². The van der Waals surface area contributed by atoms with Gasteiger partial charge in [0.15, 0.2) is 6.61 Å². The third-order valence-corrected chi connectivity index (χ3v) is 3.85. The Labute approximate surface area is 148 Å². The van der Waals surface area contributed by atoms with Gasteiger partial charge in [-0.15, -0.1) is 0 Å². The Hall–Kier alpha value is -2.41. The summed E-state index contributed by atoms with van der Waals surface area (Å²) >= 11 is 3.43. The number of nitrogens with one attached hydrogen (secondary N) is 1. The van der Waals surface area contributed by atoms with Crippen LogP contribution in [0.5, 0.6) is 5.75 Å². The van der Waals surface area contributed by atoms with Crippen LogP contribution in [0.2, 0.25) is 0 Å². The number of carbonyl (C=O) groups excluding carboxylic acids is 1. The molecule has 0 bridgehead atoms. The standard InChI is InChI=1S/C17H17BrN2O4/c1-2-4-12-7-8-16(15(18)9-12)24-11-17(21)19-13-5-3-6-14(10-13)20(22)23/h3,5-10H,2,4,11H2,1H3,(H,19,21). The summed E-state index contributed by atoms with van der Waals surface area (Å²) in [5, 5.41) is 13.3. The van der Waals surface area contributed by atoms with E-state index in [9.17, 15) is 14.9 Å². The van der Waals surface area contributed by atoms with Gasteiger partial charge in [0.05, 0.1) is 9.40 Å². The van der Waals surface area contributed by atoms with E-state index in [1.807, 2.05) is 18.2 Å². The molecule has 0 radical (unpaired) electrons. The molecule has 0 fully saturated rings. The van der Waals surface area contributed by atoms with Crippen LogP contribution in [0.15, 0.2) is 46.9 Å². The quantitative estimate of drug-likeness (QED) is 0.561. The zero-order valence-corrected chi connectivity index (χ0v) is 14.7. The topological polar surface area (TPSA) is 81.5 Å². The number of anilines is 1. The van der Waals surface area contributed by atoms with Crippen molar-refractivity contribution in [3.63, 3.8) is 0 Å². The van der Waals surface area contributed by atoms with E-state index >= 15 is 0 Å². The molecule has 1 amide bonds. The van der Waals surface area contributed by atoms with Gasteiger partial charge in [0.1, 0.15) is 5.75 Å². The number of nitrogens with zero attached hydrogens (tertiary/aromatic N) is 1. The molecule has 24 heavy (non-hydrogen) atoms. The number of amides is 1. The maximum Gasteiger partial charge on any atom is 0.271 e. The van der Waals surface area contributed by atoms with Crippen LogP contribution in [0, 0.1) is 10.1 Å². The molecule has 6 nitrogen and oxygen atoms in total. The third-order valence-electron chi connectivity index (χ3n) is 3.23. The number of ether oxygens (including phenoxy) is 1. The highest BCUT2D eigenvalue weighted by atomic mass is 79.9. The number of nitro groups is 1. The van der Waals surface area contributed by atoms with Crippen molar-refractivity contribution in [1.29, 1.82) is 0 Å². The molecular formula is C17H17BrN2O4. The number of hydrogen-bond acceptors (Lipinski definition) is 4. The van der Waals surface area contributed by atoms with Crippen LogP contribution in [0.3, 0.4) is 0 Å². The molecule has 0 aliphatic carbocycles. The molecule has 2 aromatic carbocycles. The fourth-order valence-corrected chi connectivity index (χ4v) is 2.68. The number of halogens is 1. The highest BCUT2D eigenvalue weighted by Gasteiger charge is 2.10. The van der Waals surface area contributed by atoms with Gasteiger partial charge in [0.25, 0.3) is 11.6 Å². The van der Waals surface area contributed by atoms with E-state index in [4.69, 9.17) is 4.74 Å². The minimum atomic E-state index is -0.513. The number of rotatable bonds is 7. The van der Waals surface area contributed by atoms with Crippen LogP contribution in [-0.4, -0.2) is 17.4 Å². The Morgan fingerprint density at radius 1 is 1.29 bits per heavy atom. The zero-order chi connectivity index (χ0) is 17.5. The molecule has 0 aliphatic rings. The Morgan fingerprint density at radius 2 is 2.08 bits per heavy atom. The lowest BCUT2D eigenvalue weighted by Crippen LogP contribution is -2.20. The van der Waals surface area contributed by atoms with Crippen molar-refractivity contribution in [2.45, 2.75) is 19.8 Å². The number of hydrogen-bond donors (Lipinski definition) is 1. The normalized spacial score (nSPS) is 10.2. The van der Waals surface area contributed by atoms with Gasteiger partial charge in [-0.3, -0.25) is 14.9 Å². The van der Waals surface area contributed by atoms with Crippen molar-refractivity contribution in [3.05, 3.63) is 62.6 Å². The van der Waals surface area contributed by atoms with E-state index in [-0.39, 0.29) is 18.2 Å². The molecule has 0 aromatic heterocycles. The lowest BCUT2D eigenvalue weighted by molar-refractivity contribution is -0.384. The predicted octanol–water partition coefficient (Wildman–Crippen LogP) is 4.33. The number of aryl methyl sites for hydroxylation is 1. The van der Waals surface area contributed by atoms with Crippen LogP contribution < -0.4 is 10.1 Å². The number of benzene rings is 2. The minimum Gasteiger partial charge on any atom is -0.483 e. The molecule has 0 aliphatic heterocycles. The molecule has 0 atom stereocenters. The van der Waals surface area contributed by atoms with Gasteiger partial charge in [-0.25, -0.2) is 0 Å². The summed E-state index contributed by atoms with van der Waals surface area (Å²) in [5.74, 6) is 0.184. The molecule has 1 N–H and O–H groups in total. The molecule has 0 heterocycles. The van der Waals surface area contributed by atoms with E-state index in [1.165, 1.54) is 23.8 Å². The highest BCUT2D eigenvalue weighted by Crippen LogP contribution is 2.26. The molecule has 0 saturated heterocycles. The predicted molar refractivity (Wildman–Crippen MR) is 95.4 cm³/mol. The molecule has 126 valence electrons. The average Bonchev–Trinajstić information content (AvgIpc) is 2.54. The lowest BCUT2D eigenvalue weighted by Gasteiger charge is -2.10. The van der Waals surface area contributed by atoms with Crippen molar-refractivity contribution in [2.75, 3.05) is 11.9 Å². The fraction of sp³-hybridized carbons (Fsp3) is 0.235. The summed E-state index contributed by atoms with van der Waals surface area (Å²) in [6, 6.07) is 11.5. The summed E-state index contributed by atoms with van der Waals surface area (Å²) < 4.78 is 6.28. The molecule has 2 rings (SSSR count). The van der Waals surface area contributed by atoms with Crippen LogP contribution in [0.1, 0.15) is 18.9 Å². The van der Waals surface area contributed by atoms with Crippen molar-refractivity contribution in [1.82, 2.24) is 0 Å². The minimum absolute atomic E-state index is 0.0806.